The summed E-state index contributed by atoms with van der Waals surface area (Å²) in [4.78, 5) is 49.6. The minimum Gasteiger partial charge on any atom is -0.463 e. The van der Waals surface area contributed by atoms with Crippen molar-refractivity contribution in [3.63, 3.8) is 0 Å². The molecular formula is C18H19NO6. The van der Waals surface area contributed by atoms with Crippen molar-refractivity contribution in [2.75, 3.05) is 13.2 Å². The molecule has 7 heteroatoms. The van der Waals surface area contributed by atoms with Gasteiger partial charge in [0.1, 0.15) is 0 Å². The van der Waals surface area contributed by atoms with Gasteiger partial charge in [0.05, 0.1) is 23.3 Å². The molecule has 0 aliphatic carbocycles. The fraction of sp³-hybridized carbons (Fsp3) is 0.444. The van der Waals surface area contributed by atoms with Crippen molar-refractivity contribution in [3.05, 3.63) is 34.9 Å². The maximum Gasteiger partial charge on any atom is 0.347 e. The molecule has 132 valence electrons. The Hall–Kier alpha value is -2.70. The Labute approximate surface area is 144 Å². The van der Waals surface area contributed by atoms with Gasteiger partial charge in [-0.1, -0.05) is 13.8 Å². The number of carbonyl (C=O) groups excluding carboxylic acids is 4. The number of imide groups is 1. The molecule has 2 amide bonds. The Bertz CT molecular complexity index is 754. The highest BCUT2D eigenvalue weighted by Crippen LogP contribution is 2.25. The summed E-state index contributed by atoms with van der Waals surface area (Å²) in [7, 11) is 0. The summed E-state index contributed by atoms with van der Waals surface area (Å²) in [5, 5.41) is 0. The van der Waals surface area contributed by atoms with Crippen LogP contribution in [-0.2, 0) is 14.3 Å². The molecule has 1 aromatic carbocycles. The summed E-state index contributed by atoms with van der Waals surface area (Å²) < 4.78 is 9.86. The first-order chi connectivity index (χ1) is 11.9. The molecule has 0 radical (unpaired) electrons. The molecule has 1 fully saturated rings. The maximum absolute atomic E-state index is 12.5. The summed E-state index contributed by atoms with van der Waals surface area (Å²) in [6, 6.07) is 4.24. The molecule has 2 aliphatic heterocycles. The van der Waals surface area contributed by atoms with E-state index >= 15 is 0 Å². The number of hydrogen-bond acceptors (Lipinski definition) is 6. The van der Waals surface area contributed by atoms with Crippen LogP contribution < -0.4 is 0 Å². The van der Waals surface area contributed by atoms with E-state index in [0.29, 0.717) is 25.3 Å². The van der Waals surface area contributed by atoms with Crippen molar-refractivity contribution in [2.24, 2.45) is 5.92 Å². The van der Waals surface area contributed by atoms with Crippen molar-refractivity contribution in [3.8, 4) is 0 Å². The fourth-order valence-corrected chi connectivity index (χ4v) is 2.79. The Morgan fingerprint density at radius 3 is 2.60 bits per heavy atom. The lowest BCUT2D eigenvalue weighted by Crippen LogP contribution is -2.31. The number of nitrogens with zero attached hydrogens (tertiary/aromatic N) is 1. The lowest BCUT2D eigenvalue weighted by atomic mass is 10.1. The molecule has 1 aromatic rings. The molecule has 7 nitrogen and oxygen atoms in total. The third kappa shape index (κ3) is 3.26. The Morgan fingerprint density at radius 1 is 1.24 bits per heavy atom. The monoisotopic (exact) mass is 345 g/mol. The molecule has 0 spiro atoms. The first-order valence-electron chi connectivity index (χ1n) is 8.26. The minimum atomic E-state index is -0.916. The van der Waals surface area contributed by atoms with E-state index < -0.39 is 23.9 Å². The van der Waals surface area contributed by atoms with E-state index in [1.165, 1.54) is 23.1 Å². The van der Waals surface area contributed by atoms with E-state index in [-0.39, 0.29) is 29.2 Å². The van der Waals surface area contributed by atoms with E-state index in [0.717, 1.165) is 0 Å². The van der Waals surface area contributed by atoms with Gasteiger partial charge in [0.25, 0.3) is 11.8 Å². The SMILES string of the molecule is CC(C)CCN1C(=O)c2ccc(C(=O)OC3CCOC3=O)cc2C1=O. The van der Waals surface area contributed by atoms with Crippen LogP contribution in [0.25, 0.3) is 0 Å². The van der Waals surface area contributed by atoms with Crippen LogP contribution in [-0.4, -0.2) is 47.9 Å². The number of esters is 2. The zero-order chi connectivity index (χ0) is 18.1. The van der Waals surface area contributed by atoms with Crippen molar-refractivity contribution in [2.45, 2.75) is 32.8 Å². The fourth-order valence-electron chi connectivity index (χ4n) is 2.79. The quantitative estimate of drug-likeness (QED) is 0.597. The van der Waals surface area contributed by atoms with Crippen molar-refractivity contribution in [1.29, 1.82) is 0 Å². The topological polar surface area (TPSA) is 90.0 Å². The molecule has 3 rings (SSSR count). The number of hydrogen-bond donors (Lipinski definition) is 0. The molecule has 0 aromatic heterocycles. The van der Waals surface area contributed by atoms with E-state index in [2.05, 4.69) is 0 Å². The van der Waals surface area contributed by atoms with Crippen LogP contribution in [0, 0.1) is 5.92 Å². The van der Waals surface area contributed by atoms with Gasteiger partial charge in [0, 0.05) is 13.0 Å². The molecule has 2 heterocycles. The van der Waals surface area contributed by atoms with E-state index in [1.54, 1.807) is 0 Å². The van der Waals surface area contributed by atoms with Crippen LogP contribution in [0.1, 0.15) is 57.8 Å². The normalized spacial score (nSPS) is 19.4. The van der Waals surface area contributed by atoms with Crippen LogP contribution in [0.4, 0.5) is 0 Å². The number of benzene rings is 1. The molecule has 2 aliphatic rings. The average molecular weight is 345 g/mol. The zero-order valence-electron chi connectivity index (χ0n) is 14.1. The lowest BCUT2D eigenvalue weighted by Gasteiger charge is -2.14. The zero-order valence-corrected chi connectivity index (χ0v) is 14.1. The molecule has 1 saturated heterocycles. The van der Waals surface area contributed by atoms with Gasteiger partial charge in [-0.2, -0.15) is 0 Å². The second kappa shape index (κ2) is 6.66. The number of carbonyl (C=O) groups is 4. The average Bonchev–Trinajstić information content (AvgIpc) is 3.08. The number of rotatable bonds is 5. The predicted octanol–water partition coefficient (Wildman–Crippen LogP) is 1.80. The molecule has 0 bridgehead atoms. The van der Waals surface area contributed by atoms with Gasteiger partial charge in [0.15, 0.2) is 0 Å². The molecule has 0 saturated carbocycles. The summed E-state index contributed by atoms with van der Waals surface area (Å²) >= 11 is 0. The highest BCUT2D eigenvalue weighted by molar-refractivity contribution is 6.22. The molecule has 1 unspecified atom stereocenters. The van der Waals surface area contributed by atoms with Crippen LogP contribution in [0.5, 0.6) is 0 Å². The highest BCUT2D eigenvalue weighted by Gasteiger charge is 2.36. The maximum atomic E-state index is 12.5. The molecular weight excluding hydrogens is 326 g/mol. The number of ether oxygens (including phenoxy) is 2. The van der Waals surface area contributed by atoms with Crippen LogP contribution in [0.2, 0.25) is 0 Å². The minimum absolute atomic E-state index is 0.130. The van der Waals surface area contributed by atoms with E-state index in [1.807, 2.05) is 13.8 Å². The van der Waals surface area contributed by atoms with Crippen LogP contribution in [0.3, 0.4) is 0 Å². The molecule has 0 N–H and O–H groups in total. The van der Waals surface area contributed by atoms with Crippen molar-refractivity contribution < 1.29 is 28.7 Å². The third-order valence-corrected chi connectivity index (χ3v) is 4.27. The predicted molar refractivity (Wildman–Crippen MR) is 86.0 cm³/mol. The summed E-state index contributed by atoms with van der Waals surface area (Å²) in [6.07, 6.45) is 0.112. The summed E-state index contributed by atoms with van der Waals surface area (Å²) in [6.45, 7) is 4.59. The largest absolute Gasteiger partial charge is 0.463 e. The summed E-state index contributed by atoms with van der Waals surface area (Å²) in [5.74, 6) is -1.68. The Morgan fingerprint density at radius 2 is 1.96 bits per heavy atom. The Balaban J connectivity index is 1.77. The van der Waals surface area contributed by atoms with Gasteiger partial charge in [-0.15, -0.1) is 0 Å². The van der Waals surface area contributed by atoms with Gasteiger partial charge < -0.3 is 9.47 Å². The number of fused-ring (bicyclic) bond motifs is 1. The molecule has 1 atom stereocenters. The standard InChI is InChI=1S/C18H19NO6/c1-10(2)5-7-19-15(20)12-4-3-11(9-13(12)16(19)21)17(22)25-14-6-8-24-18(14)23/h3-4,9-10,14H,5-8H2,1-2H3. The van der Waals surface area contributed by atoms with Crippen LogP contribution >= 0.6 is 0 Å². The van der Waals surface area contributed by atoms with Gasteiger partial charge in [0.2, 0.25) is 6.10 Å². The van der Waals surface area contributed by atoms with E-state index in [9.17, 15) is 19.2 Å². The van der Waals surface area contributed by atoms with Gasteiger partial charge in [-0.05, 0) is 30.5 Å². The summed E-state index contributed by atoms with van der Waals surface area (Å²) in [5.41, 5.74) is 0.605. The first kappa shape index (κ1) is 17.1. The Kier molecular flexibility index (Phi) is 4.57. The van der Waals surface area contributed by atoms with Gasteiger partial charge in [-0.25, -0.2) is 9.59 Å². The lowest BCUT2D eigenvalue weighted by molar-refractivity contribution is -0.145. The van der Waals surface area contributed by atoms with Crippen molar-refractivity contribution >= 4 is 23.8 Å². The van der Waals surface area contributed by atoms with Gasteiger partial charge >= 0.3 is 11.9 Å². The van der Waals surface area contributed by atoms with Gasteiger partial charge in [-0.3, -0.25) is 14.5 Å². The number of cyclic esters (lactones) is 1. The first-order valence-corrected chi connectivity index (χ1v) is 8.26. The third-order valence-electron chi connectivity index (χ3n) is 4.27. The molecule has 25 heavy (non-hydrogen) atoms. The second-order valence-corrected chi connectivity index (χ2v) is 6.55. The second-order valence-electron chi connectivity index (χ2n) is 6.55. The van der Waals surface area contributed by atoms with E-state index in [4.69, 9.17) is 9.47 Å². The smallest absolute Gasteiger partial charge is 0.347 e. The van der Waals surface area contributed by atoms with Crippen LogP contribution in [0.15, 0.2) is 18.2 Å². The number of amides is 2. The van der Waals surface area contributed by atoms with Crippen molar-refractivity contribution in [1.82, 2.24) is 4.90 Å². The highest BCUT2D eigenvalue weighted by atomic mass is 16.6.